The van der Waals surface area contributed by atoms with Crippen molar-refractivity contribution in [1.29, 1.82) is 0 Å². The van der Waals surface area contributed by atoms with E-state index in [9.17, 15) is 13.2 Å². The number of benzene rings is 4. The van der Waals surface area contributed by atoms with Gasteiger partial charge in [0.2, 0.25) is 0 Å². The van der Waals surface area contributed by atoms with Gasteiger partial charge in [0, 0.05) is 4.90 Å². The fourth-order valence-corrected chi connectivity index (χ4v) is 5.88. The zero-order valence-corrected chi connectivity index (χ0v) is 23.8. The molecule has 0 heterocycles. The van der Waals surface area contributed by atoms with Gasteiger partial charge in [0.1, 0.15) is 5.75 Å². The Balaban J connectivity index is 1.45. The number of carbonyl (C=O) groups excluding carboxylic acids is 1. The number of amides is 1. The maximum Gasteiger partial charge on any atom is 0.264 e. The highest BCUT2D eigenvalue weighted by Crippen LogP contribution is 2.28. The van der Waals surface area contributed by atoms with Crippen molar-refractivity contribution >= 4 is 33.4 Å². The number of anilines is 1. The van der Waals surface area contributed by atoms with Gasteiger partial charge in [-0.15, -0.1) is 11.8 Å². The van der Waals surface area contributed by atoms with Gasteiger partial charge in [0.05, 0.1) is 23.2 Å². The van der Waals surface area contributed by atoms with Crippen molar-refractivity contribution in [2.24, 2.45) is 0 Å². The van der Waals surface area contributed by atoms with Crippen molar-refractivity contribution in [1.82, 2.24) is 5.32 Å². The zero-order chi connectivity index (χ0) is 27.8. The number of sulfonamides is 1. The molecule has 0 aliphatic heterocycles. The molecule has 1 N–H and O–H groups in total. The molecule has 0 bridgehead atoms. The third-order valence-corrected chi connectivity index (χ3v) is 8.80. The molecule has 6 nitrogen and oxygen atoms in total. The Hall–Kier alpha value is -3.75. The second kappa shape index (κ2) is 12.9. The molecule has 0 radical (unpaired) electrons. The molecule has 8 heteroatoms. The molecule has 202 valence electrons. The van der Waals surface area contributed by atoms with Crippen LogP contribution in [0.4, 0.5) is 5.69 Å². The van der Waals surface area contributed by atoms with Gasteiger partial charge in [-0.25, -0.2) is 8.42 Å². The van der Waals surface area contributed by atoms with E-state index in [2.05, 4.69) is 5.32 Å². The topological polar surface area (TPSA) is 75.7 Å². The van der Waals surface area contributed by atoms with Gasteiger partial charge in [-0.05, 0) is 79.8 Å². The average molecular weight is 561 g/mol. The number of hydrogen-bond acceptors (Lipinski definition) is 5. The third kappa shape index (κ3) is 7.43. The highest BCUT2D eigenvalue weighted by molar-refractivity contribution is 7.98. The third-order valence-electron chi connectivity index (χ3n) is 6.27. The van der Waals surface area contributed by atoms with E-state index in [1.807, 2.05) is 74.7 Å². The molecule has 1 atom stereocenters. The molecule has 1 amide bonds. The fourth-order valence-electron chi connectivity index (χ4n) is 4.02. The van der Waals surface area contributed by atoms with Gasteiger partial charge >= 0.3 is 0 Å². The molecule has 4 aromatic carbocycles. The Labute approximate surface area is 235 Å². The van der Waals surface area contributed by atoms with Gasteiger partial charge in [-0.3, -0.25) is 9.10 Å². The van der Waals surface area contributed by atoms with Gasteiger partial charge < -0.3 is 10.1 Å². The van der Waals surface area contributed by atoms with Crippen molar-refractivity contribution in [3.8, 4) is 5.75 Å². The number of ether oxygens (including phenoxy) is 1. The first-order valence-corrected chi connectivity index (χ1v) is 15.2. The molecule has 0 aliphatic carbocycles. The second-order valence-electron chi connectivity index (χ2n) is 9.16. The summed E-state index contributed by atoms with van der Waals surface area (Å²) in [5.41, 5.74) is 3.36. The van der Waals surface area contributed by atoms with Gasteiger partial charge in [0.15, 0.2) is 6.61 Å². The molecule has 0 saturated carbocycles. The number of aryl methyl sites for hydroxylation is 1. The van der Waals surface area contributed by atoms with E-state index in [-0.39, 0.29) is 30.0 Å². The first-order chi connectivity index (χ1) is 18.8. The normalized spacial score (nSPS) is 12.0. The van der Waals surface area contributed by atoms with Crippen LogP contribution in [0.1, 0.15) is 29.7 Å². The lowest BCUT2D eigenvalue weighted by atomic mass is 10.1. The van der Waals surface area contributed by atoms with Gasteiger partial charge in [0.25, 0.3) is 15.9 Å². The first kappa shape index (κ1) is 28.3. The quantitative estimate of drug-likeness (QED) is 0.216. The number of rotatable bonds is 11. The summed E-state index contributed by atoms with van der Waals surface area (Å²) < 4.78 is 34.4. The van der Waals surface area contributed by atoms with E-state index < -0.39 is 10.0 Å². The minimum absolute atomic E-state index is 0.151. The molecule has 0 aliphatic rings. The monoisotopic (exact) mass is 560 g/mol. The summed E-state index contributed by atoms with van der Waals surface area (Å²) in [6.07, 6.45) is 2.02. The van der Waals surface area contributed by atoms with E-state index in [1.165, 1.54) is 4.31 Å². The van der Waals surface area contributed by atoms with Crippen molar-refractivity contribution in [2.75, 3.05) is 17.2 Å². The van der Waals surface area contributed by atoms with Crippen molar-refractivity contribution in [3.05, 3.63) is 120 Å². The highest BCUT2D eigenvalue weighted by Gasteiger charge is 2.25. The van der Waals surface area contributed by atoms with Crippen LogP contribution in [0.2, 0.25) is 0 Å². The lowest BCUT2D eigenvalue weighted by molar-refractivity contribution is -0.123. The van der Waals surface area contributed by atoms with Crippen LogP contribution in [0.5, 0.6) is 5.75 Å². The standard InChI is InChI=1S/C31H32N2O4S2/c1-23-9-19-30(20-10-23)39(35,36)33(21-25-7-5-4-6-8-25)27-13-15-28(16-14-27)37-22-31(34)32-24(2)26-11-17-29(38-3)18-12-26/h4-20,24H,21-22H2,1-3H3,(H,32,34)/t24-/m0/s1. The first-order valence-electron chi connectivity index (χ1n) is 12.6. The molecule has 0 aromatic heterocycles. The number of hydrogen-bond donors (Lipinski definition) is 1. The summed E-state index contributed by atoms with van der Waals surface area (Å²) in [7, 11) is -3.82. The average Bonchev–Trinajstić information content (AvgIpc) is 2.96. The number of nitrogens with zero attached hydrogens (tertiary/aromatic N) is 1. The number of nitrogens with one attached hydrogen (secondary N) is 1. The molecule has 0 unspecified atom stereocenters. The Kier molecular flexibility index (Phi) is 9.32. The SMILES string of the molecule is CSc1ccc([C@H](C)NC(=O)COc2ccc(N(Cc3ccccc3)S(=O)(=O)c3ccc(C)cc3)cc2)cc1. The largest absolute Gasteiger partial charge is 0.484 e. The summed E-state index contributed by atoms with van der Waals surface area (Å²) in [6, 6.07) is 30.9. The van der Waals surface area contributed by atoms with Crippen molar-refractivity contribution < 1.29 is 17.9 Å². The fraction of sp³-hybridized carbons (Fsp3) is 0.194. The summed E-state index contributed by atoms with van der Waals surface area (Å²) in [4.78, 5) is 13.9. The van der Waals surface area contributed by atoms with Gasteiger partial charge in [-0.1, -0.05) is 60.2 Å². The molecular weight excluding hydrogens is 528 g/mol. The predicted molar refractivity (Wildman–Crippen MR) is 158 cm³/mol. The molecule has 0 saturated heterocycles. The Morgan fingerprint density at radius 1 is 0.897 bits per heavy atom. The van der Waals surface area contributed by atoms with Crippen LogP contribution in [-0.4, -0.2) is 27.2 Å². The molecule has 0 spiro atoms. The molecule has 4 rings (SSSR count). The van der Waals surface area contributed by atoms with Gasteiger partial charge in [-0.2, -0.15) is 0 Å². The van der Waals surface area contributed by atoms with E-state index in [0.29, 0.717) is 11.4 Å². The summed E-state index contributed by atoms with van der Waals surface area (Å²) in [5, 5.41) is 2.94. The smallest absolute Gasteiger partial charge is 0.264 e. The van der Waals surface area contributed by atoms with Crippen LogP contribution in [0.25, 0.3) is 0 Å². The molecule has 39 heavy (non-hydrogen) atoms. The number of carbonyl (C=O) groups is 1. The van der Waals surface area contributed by atoms with Crippen molar-refractivity contribution in [2.45, 2.75) is 36.2 Å². The predicted octanol–water partition coefficient (Wildman–Crippen LogP) is 6.37. The van der Waals surface area contributed by atoms with E-state index in [1.54, 1.807) is 60.3 Å². The van der Waals surface area contributed by atoms with Crippen molar-refractivity contribution in [3.63, 3.8) is 0 Å². The maximum atomic E-state index is 13.6. The minimum Gasteiger partial charge on any atom is -0.484 e. The summed E-state index contributed by atoms with van der Waals surface area (Å²) in [6.45, 7) is 3.87. The highest BCUT2D eigenvalue weighted by atomic mass is 32.2. The summed E-state index contributed by atoms with van der Waals surface area (Å²) >= 11 is 1.67. The van der Waals surface area contributed by atoms with Crippen LogP contribution in [0.3, 0.4) is 0 Å². The zero-order valence-electron chi connectivity index (χ0n) is 22.2. The van der Waals surface area contributed by atoms with Crippen LogP contribution in [0, 0.1) is 6.92 Å². The van der Waals surface area contributed by atoms with Crippen LogP contribution >= 0.6 is 11.8 Å². The van der Waals surface area contributed by atoms with E-state index in [4.69, 9.17) is 4.74 Å². The lowest BCUT2D eigenvalue weighted by Crippen LogP contribution is -2.31. The van der Waals surface area contributed by atoms with Crippen LogP contribution in [0.15, 0.2) is 113 Å². The van der Waals surface area contributed by atoms with Crippen LogP contribution in [-0.2, 0) is 21.4 Å². The molecule has 4 aromatic rings. The second-order valence-corrected chi connectivity index (χ2v) is 11.9. The molecular formula is C31H32N2O4S2. The Bertz CT molecular complexity index is 1470. The van der Waals surface area contributed by atoms with E-state index in [0.717, 1.165) is 21.6 Å². The summed E-state index contributed by atoms with van der Waals surface area (Å²) in [5.74, 6) is 0.228. The molecule has 0 fully saturated rings. The number of thioether (sulfide) groups is 1. The lowest BCUT2D eigenvalue weighted by Gasteiger charge is -2.25. The maximum absolute atomic E-state index is 13.6. The van der Waals surface area contributed by atoms with Crippen LogP contribution < -0.4 is 14.4 Å². The Morgan fingerprint density at radius 3 is 2.15 bits per heavy atom. The Morgan fingerprint density at radius 2 is 1.54 bits per heavy atom. The van der Waals surface area contributed by atoms with E-state index >= 15 is 0 Å². The minimum atomic E-state index is -3.82.